The molecule has 2 rings (SSSR count). The molecule has 1 fully saturated rings. The monoisotopic (exact) mass is 235 g/mol. The van der Waals surface area contributed by atoms with E-state index in [1.165, 1.54) is 35.6 Å². The van der Waals surface area contributed by atoms with Crippen LogP contribution >= 0.6 is 11.8 Å². The third kappa shape index (κ3) is 4.18. The molecule has 0 amide bonds. The molecule has 16 heavy (non-hydrogen) atoms. The van der Waals surface area contributed by atoms with Gasteiger partial charge >= 0.3 is 0 Å². The molecule has 1 aliphatic carbocycles. The number of hydrogen-bond donors (Lipinski definition) is 1. The maximum Gasteiger partial charge on any atom is 0.00746 e. The van der Waals surface area contributed by atoms with Gasteiger partial charge in [0.1, 0.15) is 0 Å². The minimum atomic E-state index is 0.756. The van der Waals surface area contributed by atoms with E-state index < -0.39 is 0 Å². The van der Waals surface area contributed by atoms with Crippen LogP contribution in [0.25, 0.3) is 0 Å². The highest BCUT2D eigenvalue weighted by Crippen LogP contribution is 2.22. The molecule has 1 aromatic carbocycles. The maximum absolute atomic E-state index is 3.59. The number of aryl methyl sites for hydroxylation is 1. The van der Waals surface area contributed by atoms with E-state index in [1.807, 2.05) is 11.8 Å². The van der Waals surface area contributed by atoms with Crippen molar-refractivity contribution in [1.29, 1.82) is 0 Å². The molecule has 1 aromatic rings. The molecule has 1 atom stereocenters. The lowest BCUT2D eigenvalue weighted by Gasteiger charge is -2.11. The SMILES string of the molecule is Cc1cccc(SCC(C)CNC2CC2)c1. The Morgan fingerprint density at radius 2 is 2.25 bits per heavy atom. The fourth-order valence-corrected chi connectivity index (χ4v) is 2.70. The zero-order valence-corrected chi connectivity index (χ0v) is 11.0. The predicted molar refractivity (Wildman–Crippen MR) is 72.1 cm³/mol. The molecule has 1 nitrogen and oxygen atoms in total. The first kappa shape index (κ1) is 12.0. The van der Waals surface area contributed by atoms with Gasteiger partial charge in [-0.05, 0) is 44.4 Å². The Morgan fingerprint density at radius 1 is 1.44 bits per heavy atom. The summed E-state index contributed by atoms with van der Waals surface area (Å²) in [6.07, 6.45) is 2.77. The van der Waals surface area contributed by atoms with Crippen molar-refractivity contribution in [3.63, 3.8) is 0 Å². The standard InChI is InChI=1S/C14H21NS/c1-11-4-3-5-14(8-11)16-10-12(2)9-15-13-6-7-13/h3-5,8,12-13,15H,6-7,9-10H2,1-2H3. The van der Waals surface area contributed by atoms with Crippen molar-refractivity contribution < 1.29 is 0 Å². The summed E-state index contributed by atoms with van der Waals surface area (Å²) < 4.78 is 0. The van der Waals surface area contributed by atoms with E-state index in [4.69, 9.17) is 0 Å². The van der Waals surface area contributed by atoms with Crippen molar-refractivity contribution in [3.05, 3.63) is 29.8 Å². The number of thioether (sulfide) groups is 1. The van der Waals surface area contributed by atoms with Crippen LogP contribution < -0.4 is 5.32 Å². The lowest BCUT2D eigenvalue weighted by molar-refractivity contribution is 0.557. The lowest BCUT2D eigenvalue weighted by Crippen LogP contribution is -2.24. The third-order valence-corrected chi connectivity index (χ3v) is 4.18. The van der Waals surface area contributed by atoms with E-state index in [9.17, 15) is 0 Å². The van der Waals surface area contributed by atoms with E-state index in [0.29, 0.717) is 0 Å². The van der Waals surface area contributed by atoms with Gasteiger partial charge in [0.15, 0.2) is 0 Å². The minimum absolute atomic E-state index is 0.756. The number of nitrogens with one attached hydrogen (secondary N) is 1. The molecular weight excluding hydrogens is 214 g/mol. The van der Waals surface area contributed by atoms with Crippen LogP contribution in [-0.4, -0.2) is 18.3 Å². The largest absolute Gasteiger partial charge is 0.314 e. The number of benzene rings is 1. The molecule has 1 aliphatic rings. The highest BCUT2D eigenvalue weighted by molar-refractivity contribution is 7.99. The van der Waals surface area contributed by atoms with Gasteiger partial charge in [-0.2, -0.15) is 0 Å². The summed E-state index contributed by atoms with van der Waals surface area (Å²) in [7, 11) is 0. The van der Waals surface area contributed by atoms with Crippen LogP contribution in [0.1, 0.15) is 25.3 Å². The van der Waals surface area contributed by atoms with E-state index >= 15 is 0 Å². The van der Waals surface area contributed by atoms with Crippen LogP contribution in [0.4, 0.5) is 0 Å². The second-order valence-electron chi connectivity index (χ2n) is 4.92. The van der Waals surface area contributed by atoms with Crippen LogP contribution in [0.15, 0.2) is 29.2 Å². The smallest absolute Gasteiger partial charge is 0.00746 e. The summed E-state index contributed by atoms with van der Waals surface area (Å²) in [6, 6.07) is 9.61. The molecule has 2 heteroatoms. The van der Waals surface area contributed by atoms with Crippen molar-refractivity contribution in [3.8, 4) is 0 Å². The van der Waals surface area contributed by atoms with Gasteiger partial charge in [-0.15, -0.1) is 11.8 Å². The number of rotatable bonds is 6. The van der Waals surface area contributed by atoms with Crippen molar-refractivity contribution >= 4 is 11.8 Å². The van der Waals surface area contributed by atoms with Gasteiger partial charge in [0, 0.05) is 16.7 Å². The van der Waals surface area contributed by atoms with Gasteiger partial charge in [0.2, 0.25) is 0 Å². The van der Waals surface area contributed by atoms with Crippen molar-refractivity contribution in [2.24, 2.45) is 5.92 Å². The lowest BCUT2D eigenvalue weighted by atomic mass is 10.2. The Kier molecular flexibility index (Phi) is 4.30. The summed E-state index contributed by atoms with van der Waals surface area (Å²) in [5, 5.41) is 3.59. The fraction of sp³-hybridized carbons (Fsp3) is 0.571. The highest BCUT2D eigenvalue weighted by atomic mass is 32.2. The maximum atomic E-state index is 3.59. The molecule has 0 bridgehead atoms. The zero-order valence-electron chi connectivity index (χ0n) is 10.2. The minimum Gasteiger partial charge on any atom is -0.314 e. The molecule has 1 saturated carbocycles. The van der Waals surface area contributed by atoms with Crippen LogP contribution in [-0.2, 0) is 0 Å². The second-order valence-corrected chi connectivity index (χ2v) is 6.01. The Morgan fingerprint density at radius 3 is 2.94 bits per heavy atom. The molecule has 1 unspecified atom stereocenters. The summed E-state index contributed by atoms with van der Waals surface area (Å²) in [5.74, 6) is 1.97. The first-order chi connectivity index (χ1) is 7.74. The van der Waals surface area contributed by atoms with Crippen molar-refractivity contribution in [1.82, 2.24) is 5.32 Å². The Balaban J connectivity index is 1.69. The molecule has 0 spiro atoms. The van der Waals surface area contributed by atoms with Gasteiger partial charge < -0.3 is 5.32 Å². The van der Waals surface area contributed by atoms with Gasteiger partial charge in [0.05, 0.1) is 0 Å². The van der Waals surface area contributed by atoms with Crippen LogP contribution in [0, 0.1) is 12.8 Å². The molecule has 88 valence electrons. The predicted octanol–water partition coefficient (Wildman–Crippen LogP) is 3.48. The van der Waals surface area contributed by atoms with Crippen LogP contribution in [0.5, 0.6) is 0 Å². The van der Waals surface area contributed by atoms with Crippen molar-refractivity contribution in [2.45, 2.75) is 37.6 Å². The number of hydrogen-bond acceptors (Lipinski definition) is 2. The van der Waals surface area contributed by atoms with E-state index in [1.54, 1.807) is 0 Å². The molecule has 0 aromatic heterocycles. The second kappa shape index (κ2) is 5.74. The molecule has 0 aliphatic heterocycles. The quantitative estimate of drug-likeness (QED) is 0.758. The average Bonchev–Trinajstić information content (AvgIpc) is 3.07. The fourth-order valence-electron chi connectivity index (χ4n) is 1.66. The Bertz CT molecular complexity index is 333. The van der Waals surface area contributed by atoms with Crippen LogP contribution in [0.2, 0.25) is 0 Å². The molecule has 0 heterocycles. The summed E-state index contributed by atoms with van der Waals surface area (Å²) >= 11 is 1.97. The molecular formula is C14H21NS. The van der Waals surface area contributed by atoms with Crippen molar-refractivity contribution in [2.75, 3.05) is 12.3 Å². The van der Waals surface area contributed by atoms with Gasteiger partial charge in [-0.25, -0.2) is 0 Å². The summed E-state index contributed by atoms with van der Waals surface area (Å²) in [6.45, 7) is 5.66. The van der Waals surface area contributed by atoms with E-state index in [-0.39, 0.29) is 0 Å². The first-order valence-corrected chi connectivity index (χ1v) is 7.15. The summed E-state index contributed by atoms with van der Waals surface area (Å²) in [4.78, 5) is 1.40. The first-order valence-electron chi connectivity index (χ1n) is 6.17. The van der Waals surface area contributed by atoms with Gasteiger partial charge in [-0.1, -0.05) is 24.6 Å². The highest BCUT2D eigenvalue weighted by Gasteiger charge is 2.20. The van der Waals surface area contributed by atoms with E-state index in [2.05, 4.69) is 43.4 Å². The average molecular weight is 235 g/mol. The van der Waals surface area contributed by atoms with E-state index in [0.717, 1.165) is 12.0 Å². The zero-order chi connectivity index (χ0) is 11.4. The Hall–Kier alpha value is -0.470. The molecule has 1 N–H and O–H groups in total. The normalized spacial score (nSPS) is 17.4. The molecule has 0 saturated heterocycles. The third-order valence-electron chi connectivity index (χ3n) is 2.86. The van der Waals surface area contributed by atoms with Crippen LogP contribution in [0.3, 0.4) is 0 Å². The Labute approximate surface area is 103 Å². The topological polar surface area (TPSA) is 12.0 Å². The summed E-state index contributed by atoms with van der Waals surface area (Å²) in [5.41, 5.74) is 1.36. The molecule has 0 radical (unpaired) electrons. The van der Waals surface area contributed by atoms with Gasteiger partial charge in [0.25, 0.3) is 0 Å². The van der Waals surface area contributed by atoms with Gasteiger partial charge in [-0.3, -0.25) is 0 Å².